The van der Waals surface area contributed by atoms with Crippen molar-refractivity contribution >= 4 is 31.6 Å². The van der Waals surface area contributed by atoms with Crippen LogP contribution in [0.1, 0.15) is 11.1 Å². The van der Waals surface area contributed by atoms with Crippen molar-refractivity contribution in [3.8, 4) is 0 Å². The lowest BCUT2D eigenvalue weighted by molar-refractivity contribution is 0.600. The molecule has 0 aliphatic carbocycles. The summed E-state index contributed by atoms with van der Waals surface area (Å²) in [4.78, 5) is 0.274. The van der Waals surface area contributed by atoms with Gasteiger partial charge in [0.05, 0.1) is 4.90 Å². The zero-order valence-corrected chi connectivity index (χ0v) is 14.3. The first-order valence-electron chi connectivity index (χ1n) is 6.45. The number of nitrogens with one attached hydrogen (secondary N) is 2. The van der Waals surface area contributed by atoms with Gasteiger partial charge in [-0.1, -0.05) is 34.1 Å². The van der Waals surface area contributed by atoms with Crippen LogP contribution in [0.15, 0.2) is 51.8 Å². The molecule has 0 heterocycles. The molecule has 4 nitrogen and oxygen atoms in total. The first-order chi connectivity index (χ1) is 9.92. The molecule has 2 rings (SSSR count). The summed E-state index contributed by atoms with van der Waals surface area (Å²) in [6.07, 6.45) is 0. The number of rotatable bonds is 5. The van der Waals surface area contributed by atoms with Crippen LogP contribution in [0.4, 0.5) is 5.69 Å². The van der Waals surface area contributed by atoms with Crippen LogP contribution in [0.25, 0.3) is 0 Å². The van der Waals surface area contributed by atoms with E-state index in [2.05, 4.69) is 26.0 Å². The average molecular weight is 369 g/mol. The van der Waals surface area contributed by atoms with Crippen molar-refractivity contribution in [1.82, 2.24) is 5.32 Å². The number of benzene rings is 2. The van der Waals surface area contributed by atoms with Crippen LogP contribution in [0.2, 0.25) is 0 Å². The predicted molar refractivity (Wildman–Crippen MR) is 88.9 cm³/mol. The molecular weight excluding hydrogens is 352 g/mol. The molecule has 2 aromatic carbocycles. The Morgan fingerprint density at radius 1 is 1.14 bits per heavy atom. The first-order valence-corrected chi connectivity index (χ1v) is 8.72. The minimum absolute atomic E-state index is 0.274. The number of hydrogen-bond donors (Lipinski definition) is 2. The van der Waals surface area contributed by atoms with E-state index in [1.165, 1.54) is 0 Å². The van der Waals surface area contributed by atoms with E-state index in [-0.39, 0.29) is 4.90 Å². The predicted octanol–water partition coefficient (Wildman–Crippen LogP) is 3.28. The number of halogens is 1. The second kappa shape index (κ2) is 6.60. The van der Waals surface area contributed by atoms with Crippen molar-refractivity contribution in [2.24, 2.45) is 0 Å². The number of hydrogen-bond acceptors (Lipinski definition) is 3. The van der Waals surface area contributed by atoms with Gasteiger partial charge in [-0.05, 0) is 49.4 Å². The van der Waals surface area contributed by atoms with Gasteiger partial charge in [-0.3, -0.25) is 4.72 Å². The van der Waals surface area contributed by atoms with Crippen LogP contribution in [-0.2, 0) is 16.6 Å². The van der Waals surface area contributed by atoms with Gasteiger partial charge >= 0.3 is 0 Å². The van der Waals surface area contributed by atoms with Crippen molar-refractivity contribution in [2.45, 2.75) is 18.4 Å². The summed E-state index contributed by atoms with van der Waals surface area (Å²) in [5.41, 5.74) is 2.28. The molecule has 2 aromatic rings. The Balaban J connectivity index is 2.33. The fourth-order valence-corrected chi connectivity index (χ4v) is 3.86. The summed E-state index contributed by atoms with van der Waals surface area (Å²) in [6, 6.07) is 12.5. The molecule has 0 bridgehead atoms. The van der Waals surface area contributed by atoms with Gasteiger partial charge in [0.25, 0.3) is 10.0 Å². The Hall–Kier alpha value is -1.37. The van der Waals surface area contributed by atoms with Crippen LogP contribution < -0.4 is 10.0 Å². The third-order valence-electron chi connectivity index (χ3n) is 3.00. The van der Waals surface area contributed by atoms with E-state index >= 15 is 0 Å². The Morgan fingerprint density at radius 3 is 2.62 bits per heavy atom. The van der Waals surface area contributed by atoms with E-state index in [0.29, 0.717) is 17.8 Å². The molecule has 0 fully saturated rings. The van der Waals surface area contributed by atoms with Crippen LogP contribution in [0.5, 0.6) is 0 Å². The molecule has 0 unspecified atom stereocenters. The molecule has 2 N–H and O–H groups in total. The molecule has 0 aliphatic rings. The minimum atomic E-state index is -3.60. The monoisotopic (exact) mass is 368 g/mol. The van der Waals surface area contributed by atoms with Gasteiger partial charge in [0.1, 0.15) is 0 Å². The van der Waals surface area contributed by atoms with Crippen molar-refractivity contribution in [1.29, 1.82) is 0 Å². The fraction of sp³-hybridized carbons (Fsp3) is 0.200. The van der Waals surface area contributed by atoms with E-state index in [1.807, 2.05) is 31.3 Å². The SMILES string of the molecule is CNCc1cccc(NS(=O)(=O)c2cc(Br)ccc2C)c1. The highest BCUT2D eigenvalue weighted by Gasteiger charge is 2.17. The highest BCUT2D eigenvalue weighted by atomic mass is 79.9. The largest absolute Gasteiger partial charge is 0.316 e. The summed E-state index contributed by atoms with van der Waals surface area (Å²) in [5.74, 6) is 0. The second-order valence-electron chi connectivity index (χ2n) is 4.75. The van der Waals surface area contributed by atoms with Crippen LogP contribution >= 0.6 is 15.9 Å². The Morgan fingerprint density at radius 2 is 1.90 bits per heavy atom. The minimum Gasteiger partial charge on any atom is -0.316 e. The highest BCUT2D eigenvalue weighted by Crippen LogP contribution is 2.23. The highest BCUT2D eigenvalue weighted by molar-refractivity contribution is 9.10. The van der Waals surface area contributed by atoms with Crippen molar-refractivity contribution in [3.63, 3.8) is 0 Å². The maximum Gasteiger partial charge on any atom is 0.262 e. The standard InChI is InChI=1S/C15H17BrN2O2S/c1-11-6-7-13(16)9-15(11)21(19,20)18-14-5-3-4-12(8-14)10-17-2/h3-9,17-18H,10H2,1-2H3. The van der Waals surface area contributed by atoms with Crippen LogP contribution in [0, 0.1) is 6.92 Å². The molecule has 0 aromatic heterocycles. The van der Waals surface area contributed by atoms with E-state index in [9.17, 15) is 8.42 Å². The molecular formula is C15H17BrN2O2S. The summed E-state index contributed by atoms with van der Waals surface area (Å²) >= 11 is 3.31. The lowest BCUT2D eigenvalue weighted by atomic mass is 10.2. The van der Waals surface area contributed by atoms with Gasteiger partial charge in [0, 0.05) is 16.7 Å². The number of aryl methyl sites for hydroxylation is 1. The van der Waals surface area contributed by atoms with Crippen LogP contribution in [-0.4, -0.2) is 15.5 Å². The topological polar surface area (TPSA) is 58.2 Å². The van der Waals surface area contributed by atoms with E-state index in [1.54, 1.807) is 25.1 Å². The lowest BCUT2D eigenvalue weighted by Gasteiger charge is -2.12. The van der Waals surface area contributed by atoms with Gasteiger partial charge < -0.3 is 5.32 Å². The zero-order valence-electron chi connectivity index (χ0n) is 11.9. The molecule has 0 aliphatic heterocycles. The molecule has 0 saturated carbocycles. The van der Waals surface area contributed by atoms with Crippen molar-refractivity contribution < 1.29 is 8.42 Å². The van der Waals surface area contributed by atoms with E-state index in [4.69, 9.17) is 0 Å². The van der Waals surface area contributed by atoms with E-state index in [0.717, 1.165) is 10.0 Å². The molecule has 21 heavy (non-hydrogen) atoms. The normalized spacial score (nSPS) is 11.4. The van der Waals surface area contributed by atoms with E-state index < -0.39 is 10.0 Å². The van der Waals surface area contributed by atoms with Gasteiger partial charge in [-0.25, -0.2) is 8.42 Å². The molecule has 0 radical (unpaired) electrons. The number of sulfonamides is 1. The lowest BCUT2D eigenvalue weighted by Crippen LogP contribution is -2.14. The van der Waals surface area contributed by atoms with Gasteiger partial charge in [0.2, 0.25) is 0 Å². The maximum absolute atomic E-state index is 12.5. The molecule has 0 spiro atoms. The third-order valence-corrected chi connectivity index (χ3v) is 5.02. The first kappa shape index (κ1) is 16.0. The third kappa shape index (κ3) is 4.06. The molecule has 0 saturated heterocycles. The number of anilines is 1. The fourth-order valence-electron chi connectivity index (χ4n) is 2.02. The maximum atomic E-state index is 12.5. The molecule has 0 amide bonds. The summed E-state index contributed by atoms with van der Waals surface area (Å²) in [6.45, 7) is 2.46. The molecule has 6 heteroatoms. The summed E-state index contributed by atoms with van der Waals surface area (Å²) in [5, 5.41) is 3.04. The van der Waals surface area contributed by atoms with Crippen molar-refractivity contribution in [2.75, 3.05) is 11.8 Å². The van der Waals surface area contributed by atoms with Crippen LogP contribution in [0.3, 0.4) is 0 Å². The van der Waals surface area contributed by atoms with Crippen molar-refractivity contribution in [3.05, 3.63) is 58.1 Å². The molecule has 0 atom stereocenters. The Labute approximate surface area is 133 Å². The summed E-state index contributed by atoms with van der Waals surface area (Å²) < 4.78 is 28.4. The van der Waals surface area contributed by atoms with Gasteiger partial charge in [0.15, 0.2) is 0 Å². The Kier molecular flexibility index (Phi) is 5.03. The average Bonchev–Trinajstić information content (AvgIpc) is 2.42. The molecule has 112 valence electrons. The van der Waals surface area contributed by atoms with Gasteiger partial charge in [-0.2, -0.15) is 0 Å². The zero-order chi connectivity index (χ0) is 15.5. The second-order valence-corrected chi connectivity index (χ2v) is 7.31. The summed E-state index contributed by atoms with van der Waals surface area (Å²) in [7, 11) is -1.75. The smallest absolute Gasteiger partial charge is 0.262 e. The Bertz CT molecular complexity index is 745. The quantitative estimate of drug-likeness (QED) is 0.851. The van der Waals surface area contributed by atoms with Gasteiger partial charge in [-0.15, -0.1) is 0 Å².